The molecule has 0 aromatic carbocycles. The van der Waals surface area contributed by atoms with Gasteiger partial charge in [-0.1, -0.05) is 180 Å². The largest absolute Gasteiger partial charge is 0.301 e. The molecule has 0 N–H and O–H groups in total. The summed E-state index contributed by atoms with van der Waals surface area (Å²) in [6, 6.07) is 7.16. The predicted octanol–water partition coefficient (Wildman–Crippen LogP) is 26.3. The van der Waals surface area contributed by atoms with Gasteiger partial charge in [-0.2, -0.15) is 40.8 Å². The molecule has 5 aliphatic carbocycles. The molecule has 130 heavy (non-hydrogen) atoms. The van der Waals surface area contributed by atoms with Gasteiger partial charge in [0.2, 0.25) is 0 Å². The van der Waals surface area contributed by atoms with Crippen molar-refractivity contribution in [1.82, 2.24) is 92.9 Å². The molecular weight excluding hydrogens is 1600 g/mol. The van der Waals surface area contributed by atoms with Crippen molar-refractivity contribution in [2.45, 2.75) is 416 Å². The van der Waals surface area contributed by atoms with Crippen LogP contribution < -0.4 is 0 Å². The van der Waals surface area contributed by atoms with Gasteiger partial charge in [0.05, 0.1) is 97.9 Å². The van der Waals surface area contributed by atoms with E-state index in [0.717, 1.165) is 153 Å². The average molecular weight is 1790 g/mol. The topological polar surface area (TPSA) is 152 Å². The highest BCUT2D eigenvalue weighted by Crippen LogP contribution is 2.50. The fourth-order valence-electron chi connectivity index (χ4n) is 20.6. The number of hydrogen-bond acceptors (Lipinski definition) is 11. The Bertz CT molecular complexity index is 4050. The number of nitrogens with zero attached hydrogens (tertiary/aromatic N) is 19. The van der Waals surface area contributed by atoms with Crippen LogP contribution in [0.2, 0.25) is 0 Å². The minimum atomic E-state index is 0.582. The average Bonchev–Trinajstić information content (AvgIpc) is 1.64. The minimum absolute atomic E-state index is 0.582. The summed E-state index contributed by atoms with van der Waals surface area (Å²) in [6.45, 7) is 80.2. The summed E-state index contributed by atoms with van der Waals surface area (Å²) < 4.78 is 17.5. The van der Waals surface area contributed by atoms with E-state index in [1.807, 2.05) is 37.2 Å². The fourth-order valence-corrected chi connectivity index (χ4v) is 20.6. The van der Waals surface area contributed by atoms with E-state index < -0.39 is 0 Å². The maximum Gasteiger partial charge on any atom is 0.0658 e. The number of rotatable bonds is 32. The van der Waals surface area contributed by atoms with Gasteiger partial charge in [-0.25, -0.2) is 0 Å². The first kappa shape index (κ1) is 107. The monoisotopic (exact) mass is 1790 g/mol. The maximum atomic E-state index is 4.56. The predicted molar refractivity (Wildman–Crippen MR) is 546 cm³/mol. The van der Waals surface area contributed by atoms with Crippen molar-refractivity contribution in [3.8, 4) is 0 Å². The van der Waals surface area contributed by atoms with Gasteiger partial charge in [-0.15, -0.1) is 0 Å². The molecule has 732 valence electrons. The van der Waals surface area contributed by atoms with Crippen molar-refractivity contribution in [3.05, 3.63) is 144 Å². The van der Waals surface area contributed by atoms with Crippen molar-refractivity contribution in [2.24, 2.45) is 107 Å². The summed E-state index contributed by atoms with van der Waals surface area (Å²) in [5.74, 6) is 14.2. The number of aromatic nitrogens is 16. The lowest BCUT2D eigenvalue weighted by Crippen LogP contribution is -2.39. The second-order valence-electron chi connectivity index (χ2n) is 47.6. The van der Waals surface area contributed by atoms with Crippen LogP contribution in [0.3, 0.4) is 0 Å². The van der Waals surface area contributed by atoms with E-state index in [4.69, 9.17) is 0 Å². The Morgan fingerprint density at radius 3 is 0.654 bits per heavy atom. The van der Waals surface area contributed by atoms with Crippen LogP contribution in [0.15, 0.2) is 99.1 Å². The third-order valence-corrected chi connectivity index (χ3v) is 28.8. The van der Waals surface area contributed by atoms with E-state index in [0.29, 0.717) is 84.2 Å². The van der Waals surface area contributed by atoms with Gasteiger partial charge in [0.15, 0.2) is 0 Å². The van der Waals surface area contributed by atoms with Crippen LogP contribution in [0.5, 0.6) is 0 Å². The standard InChI is InChI=1S/C15H27N3.C15H26N2.2C14H25N3.C14H24N2.3C13H22N2/c1-12(2)9-14-10-16-18(11-14)15-5-7-17(8-6-15)13(3)4;1-11(2)7-13-9-16-17(10-13)15-6-5-14(8-15)12(3)4;2*1-11(2)7-13-8-15-17(9-13)14-5-6-16(10-14)12(3)4;1-10(2)5-12-8-15-16(9-12)14-6-13(7-14)11(3)4;3*1-9(2)5-11-7-14-15(8-11)13-6-12(13)10(3)4/h10-13,15H,5-9H2,1-4H3;9-12,14-15H,5-8H2,1-4H3;2*8-9,11-12,14H,5-7,10H2,1-4H3;8-11,13-14H,5-7H2,1-4H3;3*7-10,12-13H,5-6H2,1-4H3/t;;2*14-;;12-,13+;2*12-,13-/m..10.010/s1. The second-order valence-corrected chi connectivity index (χ2v) is 47.6. The summed E-state index contributed by atoms with van der Waals surface area (Å²) in [5, 5.41) is 36.1. The van der Waals surface area contributed by atoms with Crippen molar-refractivity contribution in [1.29, 1.82) is 0 Å². The SMILES string of the molecule is CC(C)Cc1cnn(C2CC(C(C)C)C2)c1.CC(C)Cc1cnn(C2CCC(C(C)C)C2)c1.CC(C)Cc1cnn(C2CCN(C(C)C)CC2)c1.CC(C)Cc1cnn([C@@H]2CCN(C(C)C)C2)c1.CC(C)Cc1cnn([C@@H]2C[C@@H]2C(C)C)c1.CC(C)Cc1cnn([C@@H]2C[C@H]2C(C)C)c1.CC(C)Cc1cnn([C@H]2CCN(C(C)C)C2)c1.CC(C)Cc1cnn([C@H]2C[C@H]2C(C)C)c1. The molecule has 19 nitrogen and oxygen atoms in total. The zero-order chi connectivity index (χ0) is 95.1. The lowest BCUT2D eigenvalue weighted by atomic mass is 9.74. The first-order chi connectivity index (χ1) is 61.5. The molecule has 5 saturated carbocycles. The molecule has 3 saturated heterocycles. The summed E-state index contributed by atoms with van der Waals surface area (Å²) in [7, 11) is 0. The molecule has 2 unspecified atom stereocenters. The van der Waals surface area contributed by atoms with Gasteiger partial charge in [-0.05, 0) is 321 Å². The van der Waals surface area contributed by atoms with Crippen LogP contribution in [0, 0.1) is 107 Å². The highest BCUT2D eigenvalue weighted by Gasteiger charge is 2.44. The third kappa shape index (κ3) is 35.0. The molecule has 10 atom stereocenters. The van der Waals surface area contributed by atoms with E-state index in [2.05, 4.69) is 376 Å². The van der Waals surface area contributed by atoms with Crippen LogP contribution in [-0.4, -0.2) is 150 Å². The van der Waals surface area contributed by atoms with Crippen LogP contribution in [0.1, 0.15) is 391 Å². The highest BCUT2D eigenvalue weighted by molar-refractivity contribution is 5.14. The van der Waals surface area contributed by atoms with Crippen molar-refractivity contribution in [2.75, 3.05) is 39.3 Å². The fraction of sp³-hybridized carbons (Fsp3) is 0.784. The normalized spacial score (nSPS) is 23.4. The van der Waals surface area contributed by atoms with E-state index in [1.165, 1.54) is 148 Å². The minimum Gasteiger partial charge on any atom is -0.301 e. The zero-order valence-corrected chi connectivity index (χ0v) is 88.9. The molecule has 16 rings (SSSR count). The molecular formula is C111H193N19. The Balaban J connectivity index is 0.000000168. The Morgan fingerprint density at radius 1 is 0.215 bits per heavy atom. The summed E-state index contributed by atoms with van der Waals surface area (Å²) in [4.78, 5) is 7.64. The van der Waals surface area contributed by atoms with Crippen molar-refractivity contribution >= 4 is 0 Å². The maximum absolute atomic E-state index is 4.56. The van der Waals surface area contributed by atoms with Gasteiger partial charge in [0.25, 0.3) is 0 Å². The molecule has 0 spiro atoms. The van der Waals surface area contributed by atoms with Gasteiger partial charge >= 0.3 is 0 Å². The molecule has 8 aromatic rings. The van der Waals surface area contributed by atoms with Gasteiger partial charge in [0, 0.05) is 107 Å². The first-order valence-electron chi connectivity index (χ1n) is 53.0. The van der Waals surface area contributed by atoms with Gasteiger partial charge in [0.1, 0.15) is 0 Å². The number of hydrogen-bond donors (Lipinski definition) is 0. The van der Waals surface area contributed by atoms with E-state index in [-0.39, 0.29) is 0 Å². The lowest BCUT2D eigenvalue weighted by Gasteiger charge is -2.38. The Labute approximate surface area is 794 Å². The Morgan fingerprint density at radius 2 is 0.431 bits per heavy atom. The van der Waals surface area contributed by atoms with Gasteiger partial charge < -0.3 is 4.90 Å². The molecule has 8 aromatic heterocycles. The summed E-state index contributed by atoms with van der Waals surface area (Å²) in [5.41, 5.74) is 11.1. The molecule has 19 heteroatoms. The summed E-state index contributed by atoms with van der Waals surface area (Å²) in [6.07, 6.45) is 59.1. The Hall–Kier alpha value is -6.44. The van der Waals surface area contributed by atoms with E-state index >= 15 is 0 Å². The molecule has 0 radical (unpaired) electrons. The smallest absolute Gasteiger partial charge is 0.0658 e. The van der Waals surface area contributed by atoms with E-state index in [9.17, 15) is 0 Å². The van der Waals surface area contributed by atoms with Crippen LogP contribution in [0.4, 0.5) is 0 Å². The van der Waals surface area contributed by atoms with Crippen LogP contribution in [-0.2, 0) is 51.4 Å². The number of likely N-dealkylation sites (tertiary alicyclic amines) is 3. The van der Waals surface area contributed by atoms with Gasteiger partial charge in [-0.3, -0.25) is 47.3 Å². The molecule has 8 aliphatic rings. The molecule has 0 amide bonds. The highest BCUT2D eigenvalue weighted by atomic mass is 15.4. The van der Waals surface area contributed by atoms with Crippen molar-refractivity contribution < 1.29 is 0 Å². The summed E-state index contributed by atoms with van der Waals surface area (Å²) >= 11 is 0. The van der Waals surface area contributed by atoms with Crippen LogP contribution >= 0.6 is 0 Å². The molecule has 11 heterocycles. The molecule has 3 aliphatic heterocycles. The number of piperidine rings is 1. The second kappa shape index (κ2) is 51.5. The first-order valence-corrected chi connectivity index (χ1v) is 53.0. The zero-order valence-electron chi connectivity index (χ0n) is 88.9. The van der Waals surface area contributed by atoms with E-state index in [1.54, 1.807) is 0 Å². The molecule has 0 bridgehead atoms. The van der Waals surface area contributed by atoms with Crippen LogP contribution in [0.25, 0.3) is 0 Å². The Kier molecular flexibility index (Phi) is 42.5. The quantitative estimate of drug-likeness (QED) is 0.0396. The third-order valence-electron chi connectivity index (χ3n) is 28.8. The van der Waals surface area contributed by atoms with Crippen molar-refractivity contribution in [3.63, 3.8) is 0 Å². The lowest BCUT2D eigenvalue weighted by molar-refractivity contribution is 0.137. The molecule has 8 fully saturated rings.